The topological polar surface area (TPSA) is 243 Å². The molecule has 0 aromatic heterocycles. The fourth-order valence-electron chi connectivity index (χ4n) is 12.1. The van der Waals surface area contributed by atoms with E-state index in [1.165, 1.54) is 11.1 Å². The van der Waals surface area contributed by atoms with E-state index in [1.807, 2.05) is 76.2 Å². The van der Waals surface area contributed by atoms with Crippen LogP contribution in [0.5, 0.6) is 0 Å². The highest BCUT2D eigenvalue weighted by Crippen LogP contribution is 2.35. The molecule has 0 bridgehead atoms. The van der Waals surface area contributed by atoms with Crippen LogP contribution in [0.2, 0.25) is 0 Å². The minimum Gasteiger partial charge on any atom is -0.390 e. The summed E-state index contributed by atoms with van der Waals surface area (Å²) in [6.45, 7) is 31.8. The third kappa shape index (κ3) is 45.1. The second-order valence-electron chi connectivity index (χ2n) is 30.8. The summed E-state index contributed by atoms with van der Waals surface area (Å²) in [6, 6.07) is 0. The van der Waals surface area contributed by atoms with Gasteiger partial charge in [-0.3, -0.25) is 0 Å². The maximum atomic E-state index is 11.2. The van der Waals surface area contributed by atoms with Crippen LogP contribution >= 0.6 is 0 Å². The van der Waals surface area contributed by atoms with Crippen molar-refractivity contribution < 1.29 is 61.3 Å². The van der Waals surface area contributed by atoms with Crippen molar-refractivity contribution in [2.75, 3.05) is 0 Å². The van der Waals surface area contributed by atoms with Crippen molar-refractivity contribution in [3.8, 4) is 0 Å². The molecule has 12 nitrogen and oxygen atoms in total. The molecule has 0 heterocycles. The quantitative estimate of drug-likeness (QED) is 0.0255. The Labute approximate surface area is 503 Å². The van der Waals surface area contributed by atoms with Crippen LogP contribution in [0.15, 0.2) is 36.0 Å². The van der Waals surface area contributed by atoms with Gasteiger partial charge in [0.1, 0.15) is 0 Å². The lowest BCUT2D eigenvalue weighted by atomic mass is 9.83. The Bertz CT molecular complexity index is 1780. The molecule has 0 saturated heterocycles. The van der Waals surface area contributed by atoms with Crippen LogP contribution in [0.3, 0.4) is 0 Å². The van der Waals surface area contributed by atoms with Crippen LogP contribution in [0.25, 0.3) is 0 Å². The van der Waals surface area contributed by atoms with Gasteiger partial charge in [0.25, 0.3) is 0 Å². The predicted molar refractivity (Wildman–Crippen MR) is 342 cm³/mol. The third-order valence-electron chi connectivity index (χ3n) is 18.4. The standard InChI is InChI=1S/C70H136O12/c1-17-59(5,71)34-19-32-58(4)33-20-36-61(7,73)38-22-40-63(9,75)42-24-44-65(11,77)46-26-48-67(13,79)50-28-52-69(15,81)54-30-56-70(16,82)55-29-53-68(14,80)51-27-49-66(12,78)47-25-45-64(10,76)43-23-41-62(8,74)39-21-37-60(6,72)35-18-31-57(2)3/h17,31-32,71-82H,1,18-30,33-56H2,2-16H3/b58-32+. The van der Waals surface area contributed by atoms with E-state index in [0.29, 0.717) is 205 Å². The summed E-state index contributed by atoms with van der Waals surface area (Å²) in [5, 5.41) is 132. The van der Waals surface area contributed by atoms with Gasteiger partial charge in [-0.25, -0.2) is 0 Å². The number of allylic oxidation sites excluding steroid dienone is 4. The van der Waals surface area contributed by atoms with Gasteiger partial charge in [0.15, 0.2) is 0 Å². The molecule has 0 aliphatic rings. The first-order valence-corrected chi connectivity index (χ1v) is 32.8. The smallest absolute Gasteiger partial charge is 0.0800 e. The molecule has 0 amide bonds. The second-order valence-corrected chi connectivity index (χ2v) is 30.8. The van der Waals surface area contributed by atoms with Gasteiger partial charge >= 0.3 is 0 Å². The monoisotopic (exact) mass is 1170 g/mol. The van der Waals surface area contributed by atoms with E-state index in [-0.39, 0.29) is 0 Å². The van der Waals surface area contributed by atoms with Crippen molar-refractivity contribution >= 4 is 0 Å². The van der Waals surface area contributed by atoms with Crippen LogP contribution < -0.4 is 0 Å². The highest BCUT2D eigenvalue weighted by Gasteiger charge is 2.33. The van der Waals surface area contributed by atoms with Crippen LogP contribution in [-0.2, 0) is 0 Å². The van der Waals surface area contributed by atoms with Crippen molar-refractivity contribution in [1.29, 1.82) is 0 Å². The fourth-order valence-corrected chi connectivity index (χ4v) is 12.1. The minimum atomic E-state index is -0.939. The molecule has 0 aliphatic heterocycles. The van der Waals surface area contributed by atoms with E-state index in [4.69, 9.17) is 0 Å². The van der Waals surface area contributed by atoms with Crippen molar-refractivity contribution in [3.05, 3.63) is 36.0 Å². The molecular weight excluding hydrogens is 1030 g/mol. The zero-order valence-electron chi connectivity index (χ0n) is 56.0. The molecule has 0 rings (SSSR count). The molecule has 0 aliphatic carbocycles. The van der Waals surface area contributed by atoms with E-state index in [9.17, 15) is 61.3 Å². The summed E-state index contributed by atoms with van der Waals surface area (Å²) in [5.74, 6) is 0. The van der Waals surface area contributed by atoms with Crippen LogP contribution in [-0.4, -0.2) is 128 Å². The zero-order chi connectivity index (χ0) is 63.4. The number of hydrogen-bond acceptors (Lipinski definition) is 12. The molecule has 12 unspecified atom stereocenters. The van der Waals surface area contributed by atoms with Gasteiger partial charge in [-0.1, -0.05) is 29.4 Å². The molecule has 0 aromatic carbocycles. The van der Waals surface area contributed by atoms with Crippen molar-refractivity contribution in [2.24, 2.45) is 0 Å². The molecule has 12 atom stereocenters. The van der Waals surface area contributed by atoms with Crippen molar-refractivity contribution in [2.45, 2.75) is 409 Å². The average Bonchev–Trinajstić information content (AvgIpc) is 3.27. The van der Waals surface area contributed by atoms with E-state index < -0.39 is 67.2 Å². The maximum Gasteiger partial charge on any atom is 0.0800 e. The summed E-state index contributed by atoms with van der Waals surface area (Å²) < 4.78 is 0. The van der Waals surface area contributed by atoms with Crippen molar-refractivity contribution in [1.82, 2.24) is 0 Å². The van der Waals surface area contributed by atoms with Gasteiger partial charge in [-0.05, 0) is 341 Å². The Balaban J connectivity index is 4.49. The summed E-state index contributed by atoms with van der Waals surface area (Å²) >= 11 is 0. The SMILES string of the molecule is C=CC(C)(O)CC/C=C(\C)CCCC(C)(O)CCCC(C)(O)CCCC(C)(O)CCCC(C)(O)CCCC(C)(O)CCCC(C)(O)CCCC(C)(O)CCCC(C)(O)CCCC(C)(O)CCCC(C)(O)CCCC(C)(O)CCC=C(C)C. The molecule has 0 radical (unpaired) electrons. The van der Waals surface area contributed by atoms with E-state index in [2.05, 4.69) is 39.5 Å². The highest BCUT2D eigenvalue weighted by molar-refractivity contribution is 5.01. The van der Waals surface area contributed by atoms with Crippen molar-refractivity contribution in [3.63, 3.8) is 0 Å². The fraction of sp³-hybridized carbons (Fsp3) is 0.914. The lowest BCUT2D eigenvalue weighted by molar-refractivity contribution is -0.00906. The molecular formula is C70H136O12. The minimum absolute atomic E-state index is 0.521. The zero-order valence-corrected chi connectivity index (χ0v) is 56.0. The molecule has 0 spiro atoms. The van der Waals surface area contributed by atoms with Crippen LogP contribution in [0.1, 0.15) is 341 Å². The van der Waals surface area contributed by atoms with Gasteiger partial charge in [0.2, 0.25) is 0 Å². The van der Waals surface area contributed by atoms with E-state index in [1.54, 1.807) is 13.0 Å². The summed E-state index contributed by atoms with van der Waals surface area (Å²) in [7, 11) is 0. The normalized spacial score (nSPS) is 21.5. The number of hydrogen-bond donors (Lipinski definition) is 12. The first-order chi connectivity index (χ1) is 37.1. The molecule has 12 heteroatoms. The Hall–Kier alpha value is -1.26. The Morgan fingerprint density at radius 2 is 0.427 bits per heavy atom. The lowest BCUT2D eigenvalue weighted by Gasteiger charge is -2.31. The average molecular weight is 1170 g/mol. The van der Waals surface area contributed by atoms with Gasteiger partial charge in [0.05, 0.1) is 67.2 Å². The summed E-state index contributed by atoms with van der Waals surface area (Å²) in [6.07, 6.45) is 28.9. The Morgan fingerprint density at radius 3 is 0.610 bits per heavy atom. The van der Waals surface area contributed by atoms with E-state index in [0.717, 1.165) is 32.1 Å². The largest absolute Gasteiger partial charge is 0.390 e. The molecule has 0 fully saturated rings. The second kappa shape index (κ2) is 36.3. The van der Waals surface area contributed by atoms with Gasteiger partial charge < -0.3 is 61.3 Å². The Morgan fingerprint density at radius 1 is 0.256 bits per heavy atom. The lowest BCUT2D eigenvalue weighted by Crippen LogP contribution is -2.31. The predicted octanol–water partition coefficient (Wildman–Crippen LogP) is 14.5. The van der Waals surface area contributed by atoms with Gasteiger partial charge in [-0.15, -0.1) is 6.58 Å². The number of aliphatic hydroxyl groups is 12. The third-order valence-corrected chi connectivity index (χ3v) is 18.4. The first kappa shape index (κ1) is 80.7. The summed E-state index contributed by atoms with van der Waals surface area (Å²) in [5.41, 5.74) is -8.16. The van der Waals surface area contributed by atoms with E-state index >= 15 is 0 Å². The van der Waals surface area contributed by atoms with Crippen LogP contribution in [0.4, 0.5) is 0 Å². The molecule has 0 aromatic rings. The molecule has 12 N–H and O–H groups in total. The van der Waals surface area contributed by atoms with Crippen LogP contribution in [0, 0.1) is 0 Å². The summed E-state index contributed by atoms with van der Waals surface area (Å²) in [4.78, 5) is 0. The Kier molecular flexibility index (Phi) is 35.7. The molecule has 82 heavy (non-hydrogen) atoms. The molecule has 488 valence electrons. The van der Waals surface area contributed by atoms with Gasteiger partial charge in [0, 0.05) is 0 Å². The molecule has 0 saturated carbocycles. The highest BCUT2D eigenvalue weighted by atomic mass is 16.3. The maximum absolute atomic E-state index is 11.2. The van der Waals surface area contributed by atoms with Gasteiger partial charge in [-0.2, -0.15) is 0 Å². The number of rotatable bonds is 51. The first-order valence-electron chi connectivity index (χ1n) is 32.8.